The lowest BCUT2D eigenvalue weighted by atomic mass is 9.79. The second-order valence-electron chi connectivity index (χ2n) is 4.35. The lowest BCUT2D eigenvalue weighted by Gasteiger charge is -2.34. The molecule has 1 saturated heterocycles. The fraction of sp³-hybridized carbons (Fsp3) is 0.545. The Morgan fingerprint density at radius 3 is 2.89 bits per heavy atom. The number of thiocarbonyl (C=S) groups is 1. The summed E-state index contributed by atoms with van der Waals surface area (Å²) < 4.78 is 5.27. The molecule has 1 aromatic rings. The number of nitrogens with one attached hydrogen (secondary N) is 2. The third-order valence-corrected chi connectivity index (χ3v) is 3.65. The number of aromatic amines is 1. The molecule has 7 heteroatoms. The topological polar surface area (TPSA) is 93.0 Å². The number of H-pyrrole nitrogens is 1. The van der Waals surface area contributed by atoms with Crippen LogP contribution in [-0.2, 0) is 16.1 Å². The maximum Gasteiger partial charge on any atom is 0.233 e. The standard InChI is InChI=1S/C11H16N4O2S/c12-9(18)11(1-3-17-4-2-11)10(16)13-5-8-6-14-15-7-8/h6-7H,1-5H2,(H2,12,18)(H,13,16)(H,14,15). The van der Waals surface area contributed by atoms with Crippen molar-refractivity contribution in [2.24, 2.45) is 11.1 Å². The van der Waals surface area contributed by atoms with Crippen LogP contribution in [0.4, 0.5) is 0 Å². The van der Waals surface area contributed by atoms with Gasteiger partial charge in [0.25, 0.3) is 0 Å². The van der Waals surface area contributed by atoms with Crippen LogP contribution in [0.5, 0.6) is 0 Å². The molecule has 0 atom stereocenters. The molecule has 0 bridgehead atoms. The molecule has 98 valence electrons. The molecule has 0 radical (unpaired) electrons. The predicted octanol–water partition coefficient (Wildman–Crippen LogP) is 0.109. The Morgan fingerprint density at radius 1 is 1.61 bits per heavy atom. The Labute approximate surface area is 110 Å². The van der Waals surface area contributed by atoms with Crippen LogP contribution in [0, 0.1) is 5.41 Å². The normalized spacial score (nSPS) is 18.2. The van der Waals surface area contributed by atoms with Gasteiger partial charge in [0.15, 0.2) is 0 Å². The van der Waals surface area contributed by atoms with Crippen LogP contribution >= 0.6 is 12.2 Å². The van der Waals surface area contributed by atoms with E-state index in [2.05, 4.69) is 15.5 Å². The molecule has 1 amide bonds. The van der Waals surface area contributed by atoms with Crippen molar-refractivity contribution in [1.82, 2.24) is 15.5 Å². The second kappa shape index (κ2) is 5.45. The van der Waals surface area contributed by atoms with Gasteiger partial charge in [-0.05, 0) is 12.8 Å². The summed E-state index contributed by atoms with van der Waals surface area (Å²) in [6.07, 6.45) is 4.48. The van der Waals surface area contributed by atoms with Crippen molar-refractivity contribution in [2.45, 2.75) is 19.4 Å². The molecule has 1 aliphatic rings. The number of nitrogens with zero attached hydrogens (tertiary/aromatic N) is 1. The van der Waals surface area contributed by atoms with Crippen LogP contribution in [0.15, 0.2) is 12.4 Å². The van der Waals surface area contributed by atoms with Gasteiger partial charge in [0.05, 0.1) is 11.2 Å². The maximum atomic E-state index is 12.3. The second-order valence-corrected chi connectivity index (χ2v) is 4.79. The first-order valence-corrected chi connectivity index (χ1v) is 6.19. The summed E-state index contributed by atoms with van der Waals surface area (Å²) in [5.41, 5.74) is 5.89. The smallest absolute Gasteiger partial charge is 0.233 e. The lowest BCUT2D eigenvalue weighted by molar-refractivity contribution is -0.131. The van der Waals surface area contributed by atoms with E-state index in [9.17, 15) is 4.79 Å². The molecule has 0 aromatic carbocycles. The number of ether oxygens (including phenoxy) is 1. The summed E-state index contributed by atoms with van der Waals surface area (Å²) >= 11 is 5.06. The Hall–Kier alpha value is -1.47. The average molecular weight is 268 g/mol. The number of hydrogen-bond donors (Lipinski definition) is 3. The number of rotatable bonds is 4. The van der Waals surface area contributed by atoms with E-state index in [-0.39, 0.29) is 10.9 Å². The van der Waals surface area contributed by atoms with Gasteiger partial charge < -0.3 is 15.8 Å². The van der Waals surface area contributed by atoms with Gasteiger partial charge in [-0.1, -0.05) is 12.2 Å². The molecule has 0 aliphatic carbocycles. The summed E-state index contributed by atoms with van der Waals surface area (Å²) in [4.78, 5) is 12.5. The number of amides is 1. The van der Waals surface area contributed by atoms with Crippen molar-refractivity contribution in [3.63, 3.8) is 0 Å². The zero-order valence-electron chi connectivity index (χ0n) is 9.94. The van der Waals surface area contributed by atoms with Crippen LogP contribution < -0.4 is 11.1 Å². The summed E-state index contributed by atoms with van der Waals surface area (Å²) in [5, 5.41) is 9.37. The van der Waals surface area contributed by atoms with Crippen molar-refractivity contribution in [2.75, 3.05) is 13.2 Å². The minimum absolute atomic E-state index is 0.125. The summed E-state index contributed by atoms with van der Waals surface area (Å²) in [5.74, 6) is -0.125. The van der Waals surface area contributed by atoms with E-state index in [0.717, 1.165) is 5.56 Å². The third-order valence-electron chi connectivity index (χ3n) is 3.26. The number of hydrogen-bond acceptors (Lipinski definition) is 4. The van der Waals surface area contributed by atoms with E-state index in [1.807, 2.05) is 0 Å². The molecule has 1 fully saturated rings. The van der Waals surface area contributed by atoms with Gasteiger partial charge in [0.2, 0.25) is 5.91 Å². The van der Waals surface area contributed by atoms with Crippen molar-refractivity contribution in [3.05, 3.63) is 18.0 Å². The molecule has 6 nitrogen and oxygen atoms in total. The largest absolute Gasteiger partial charge is 0.392 e. The van der Waals surface area contributed by atoms with Crippen molar-refractivity contribution >= 4 is 23.1 Å². The Morgan fingerprint density at radius 2 is 2.33 bits per heavy atom. The minimum atomic E-state index is -0.767. The van der Waals surface area contributed by atoms with Gasteiger partial charge in [0, 0.05) is 31.5 Å². The molecular weight excluding hydrogens is 252 g/mol. The Balaban J connectivity index is 2.02. The van der Waals surface area contributed by atoms with E-state index in [1.54, 1.807) is 12.4 Å². The highest BCUT2D eigenvalue weighted by Crippen LogP contribution is 2.31. The number of carbonyl (C=O) groups excluding carboxylic acids is 1. The summed E-state index contributed by atoms with van der Waals surface area (Å²) in [6, 6.07) is 0. The number of aromatic nitrogens is 2. The van der Waals surface area contributed by atoms with E-state index in [0.29, 0.717) is 32.6 Å². The highest BCUT2D eigenvalue weighted by molar-refractivity contribution is 7.80. The van der Waals surface area contributed by atoms with E-state index in [1.165, 1.54) is 0 Å². The molecule has 0 spiro atoms. The Kier molecular flexibility index (Phi) is 3.93. The highest BCUT2D eigenvalue weighted by Gasteiger charge is 2.42. The average Bonchev–Trinajstić information content (AvgIpc) is 2.89. The molecule has 2 heterocycles. The van der Waals surface area contributed by atoms with Crippen LogP contribution in [-0.4, -0.2) is 34.3 Å². The molecule has 1 aromatic heterocycles. The predicted molar refractivity (Wildman–Crippen MR) is 69.7 cm³/mol. The fourth-order valence-corrected chi connectivity index (χ4v) is 2.33. The van der Waals surface area contributed by atoms with Crippen molar-refractivity contribution < 1.29 is 9.53 Å². The first-order chi connectivity index (χ1) is 8.65. The summed E-state index contributed by atoms with van der Waals surface area (Å²) in [7, 11) is 0. The van der Waals surface area contributed by atoms with Crippen molar-refractivity contribution in [3.8, 4) is 0 Å². The SMILES string of the molecule is NC(=S)C1(C(=O)NCc2cn[nH]c2)CCOCC1. The van der Waals surface area contributed by atoms with Crippen LogP contribution in [0.3, 0.4) is 0 Å². The number of carbonyl (C=O) groups is 1. The molecule has 0 unspecified atom stereocenters. The molecule has 4 N–H and O–H groups in total. The molecule has 2 rings (SSSR count). The van der Waals surface area contributed by atoms with Crippen LogP contribution in [0.25, 0.3) is 0 Å². The van der Waals surface area contributed by atoms with Crippen molar-refractivity contribution in [1.29, 1.82) is 0 Å². The molecular formula is C11H16N4O2S. The van der Waals surface area contributed by atoms with Gasteiger partial charge in [-0.3, -0.25) is 9.89 Å². The van der Waals surface area contributed by atoms with Gasteiger partial charge in [-0.25, -0.2) is 0 Å². The van der Waals surface area contributed by atoms with E-state index < -0.39 is 5.41 Å². The minimum Gasteiger partial charge on any atom is -0.392 e. The number of nitrogens with two attached hydrogens (primary N) is 1. The zero-order chi connectivity index (χ0) is 13.0. The van der Waals surface area contributed by atoms with E-state index in [4.69, 9.17) is 22.7 Å². The lowest BCUT2D eigenvalue weighted by Crippen LogP contribution is -2.51. The quantitative estimate of drug-likeness (QED) is 0.674. The Bertz CT molecular complexity index is 426. The maximum absolute atomic E-state index is 12.3. The highest BCUT2D eigenvalue weighted by atomic mass is 32.1. The molecule has 18 heavy (non-hydrogen) atoms. The molecule has 1 aliphatic heterocycles. The van der Waals surface area contributed by atoms with Crippen LogP contribution in [0.2, 0.25) is 0 Å². The van der Waals surface area contributed by atoms with Gasteiger partial charge in [0.1, 0.15) is 5.41 Å². The molecule has 0 saturated carbocycles. The fourth-order valence-electron chi connectivity index (χ4n) is 2.03. The van der Waals surface area contributed by atoms with Gasteiger partial charge in [-0.15, -0.1) is 0 Å². The first-order valence-electron chi connectivity index (χ1n) is 5.79. The third kappa shape index (κ3) is 2.51. The van der Waals surface area contributed by atoms with Crippen LogP contribution in [0.1, 0.15) is 18.4 Å². The monoisotopic (exact) mass is 268 g/mol. The first kappa shape index (κ1) is 13.0. The zero-order valence-corrected chi connectivity index (χ0v) is 10.8. The summed E-state index contributed by atoms with van der Waals surface area (Å²) in [6.45, 7) is 1.44. The van der Waals surface area contributed by atoms with Gasteiger partial charge in [-0.2, -0.15) is 5.10 Å². The van der Waals surface area contributed by atoms with Gasteiger partial charge >= 0.3 is 0 Å². The van der Waals surface area contributed by atoms with E-state index >= 15 is 0 Å².